The van der Waals surface area contributed by atoms with Crippen molar-refractivity contribution in [2.24, 2.45) is 21.1 Å². The van der Waals surface area contributed by atoms with Gasteiger partial charge in [-0.2, -0.15) is 0 Å². The molecule has 2 radical (unpaired) electrons. The number of carbonyl (C=O) groups is 6. The number of fused-ring (bicyclic) bond motifs is 2. The van der Waals surface area contributed by atoms with Crippen molar-refractivity contribution in [3.05, 3.63) is 84.2 Å². The standard InChI is InChI=1S/C39H44BN9O10/c1-6-12-59-39(56)49-27-18-32(31(57-5)17-25(27)36(53)48-11-7-9-26(48)37(49)54)58-13-8-10-41-33(50)28-14-22(19-45(28)2)42-34(51)29-15-23(20-46(29)3)43-35(52)30-16-24(21-47(30)4)44-38(40)55/h6,14-21,26,37,54H,1,7-13H2,2-5H3,(H,41,50)(H,42,51)(H,43,52)(H,44,55)/t26-,37-/m0/s1. The smallest absolute Gasteiger partial charge is 0.416 e. The van der Waals surface area contributed by atoms with Crippen LogP contribution < -0.4 is 35.6 Å². The summed E-state index contributed by atoms with van der Waals surface area (Å²) < 4.78 is 21.4. The van der Waals surface area contributed by atoms with E-state index in [1.54, 1.807) is 43.0 Å². The van der Waals surface area contributed by atoms with Crippen LogP contribution in [-0.4, -0.2) is 113 Å². The number of anilines is 4. The molecule has 0 bridgehead atoms. The van der Waals surface area contributed by atoms with Crippen molar-refractivity contribution in [2.75, 3.05) is 54.3 Å². The number of carbonyl (C=O) groups excluding carboxylic acids is 6. The lowest BCUT2D eigenvalue weighted by molar-refractivity contribution is 0.0496. The molecule has 0 aliphatic carbocycles. The number of aromatic nitrogens is 3. The molecule has 59 heavy (non-hydrogen) atoms. The summed E-state index contributed by atoms with van der Waals surface area (Å²) in [5, 5.41) is 22.1. The number of aliphatic hydroxyl groups is 1. The molecule has 1 saturated heterocycles. The number of aliphatic hydroxyl groups excluding tert-OH is 1. The van der Waals surface area contributed by atoms with Crippen LogP contribution in [0.3, 0.4) is 0 Å². The Morgan fingerprint density at radius 2 is 1.44 bits per heavy atom. The second-order valence-electron chi connectivity index (χ2n) is 13.9. The summed E-state index contributed by atoms with van der Waals surface area (Å²) in [5.74, 6) is -2.04. The van der Waals surface area contributed by atoms with Gasteiger partial charge in [0.1, 0.15) is 23.7 Å². The van der Waals surface area contributed by atoms with Crippen molar-refractivity contribution in [2.45, 2.75) is 31.5 Å². The zero-order valence-corrected chi connectivity index (χ0v) is 32.9. The van der Waals surface area contributed by atoms with Gasteiger partial charge in [-0.25, -0.2) is 9.69 Å². The van der Waals surface area contributed by atoms with E-state index in [0.29, 0.717) is 42.9 Å². The number of ether oxygens (including phenoxy) is 3. The van der Waals surface area contributed by atoms with Crippen LogP contribution in [0, 0.1) is 0 Å². The van der Waals surface area contributed by atoms with E-state index in [2.05, 4.69) is 27.8 Å². The van der Waals surface area contributed by atoms with Crippen molar-refractivity contribution >= 4 is 66.1 Å². The van der Waals surface area contributed by atoms with Crippen LogP contribution in [0.1, 0.15) is 61.1 Å². The van der Waals surface area contributed by atoms with Gasteiger partial charge in [0.25, 0.3) is 23.6 Å². The van der Waals surface area contributed by atoms with E-state index in [4.69, 9.17) is 22.1 Å². The van der Waals surface area contributed by atoms with E-state index in [1.807, 2.05) is 0 Å². The van der Waals surface area contributed by atoms with Crippen LogP contribution >= 0.6 is 0 Å². The van der Waals surface area contributed by atoms with E-state index in [0.717, 1.165) is 4.90 Å². The molecule has 20 heteroatoms. The van der Waals surface area contributed by atoms with Crippen LogP contribution in [0.5, 0.6) is 11.5 Å². The topological polar surface area (TPSA) is 220 Å². The fourth-order valence-corrected chi connectivity index (χ4v) is 7.08. The molecule has 5 heterocycles. The Labute approximate surface area is 340 Å². The van der Waals surface area contributed by atoms with Crippen LogP contribution in [0.15, 0.2) is 61.6 Å². The van der Waals surface area contributed by atoms with Gasteiger partial charge in [-0.15, -0.1) is 0 Å². The molecule has 2 atom stereocenters. The summed E-state index contributed by atoms with van der Waals surface area (Å²) in [6.45, 7) is 4.21. The lowest BCUT2D eigenvalue weighted by Gasteiger charge is -2.31. The first-order chi connectivity index (χ1) is 28.2. The number of nitrogens with zero attached hydrogens (tertiary/aromatic N) is 5. The summed E-state index contributed by atoms with van der Waals surface area (Å²) >= 11 is 0. The zero-order chi connectivity index (χ0) is 42.5. The molecule has 0 spiro atoms. The number of amides is 6. The second kappa shape index (κ2) is 17.7. The van der Waals surface area contributed by atoms with Crippen LogP contribution in [0.4, 0.5) is 32.3 Å². The highest BCUT2D eigenvalue weighted by atomic mass is 16.6. The van der Waals surface area contributed by atoms with Crippen LogP contribution in [0.25, 0.3) is 0 Å². The molecule has 0 unspecified atom stereocenters. The molecular formula is C39H44BN9O10. The molecule has 5 N–H and O–H groups in total. The number of hydrogen-bond acceptors (Lipinski definition) is 10. The summed E-state index contributed by atoms with van der Waals surface area (Å²) in [6, 6.07) is 6.80. The molecule has 6 amide bonds. The minimum atomic E-state index is -1.36. The van der Waals surface area contributed by atoms with E-state index in [-0.39, 0.29) is 65.5 Å². The maximum absolute atomic E-state index is 13.6. The first kappa shape index (κ1) is 41.7. The predicted molar refractivity (Wildman–Crippen MR) is 216 cm³/mol. The van der Waals surface area contributed by atoms with Gasteiger partial charge >= 0.3 is 6.09 Å². The average Bonchev–Trinajstić information content (AvgIpc) is 3.98. The van der Waals surface area contributed by atoms with Crippen molar-refractivity contribution in [1.29, 1.82) is 0 Å². The minimum Gasteiger partial charge on any atom is -0.493 e. The Balaban J connectivity index is 1.04. The number of aryl methyl sites for hydroxylation is 3. The number of hydrogen-bond donors (Lipinski definition) is 5. The van der Waals surface area contributed by atoms with Crippen molar-refractivity contribution in [3.8, 4) is 11.5 Å². The van der Waals surface area contributed by atoms with Crippen molar-refractivity contribution in [1.82, 2.24) is 23.9 Å². The van der Waals surface area contributed by atoms with Gasteiger partial charge in [0.15, 0.2) is 23.5 Å². The van der Waals surface area contributed by atoms with Gasteiger partial charge in [-0.05, 0) is 43.5 Å². The SMILES string of the molecule is [B]C(=O)Nc1cc(C(=O)Nc2cc(C(=O)Nc3cc(C(=O)NCCCOc4cc5c(cc4OC)C(=O)N4CCC[C@H]4[C@H](O)N5C(=O)OCC=C)n(C)c3)n(C)c2)n(C)c1. The third-order valence-electron chi connectivity index (χ3n) is 9.82. The minimum absolute atomic E-state index is 0.0981. The van der Waals surface area contributed by atoms with E-state index < -0.39 is 41.9 Å². The summed E-state index contributed by atoms with van der Waals surface area (Å²) in [6.07, 6.45) is 5.41. The van der Waals surface area contributed by atoms with Gasteiger partial charge in [0.2, 0.25) is 7.85 Å². The lowest BCUT2D eigenvalue weighted by atomic mass is 10.1. The fourth-order valence-electron chi connectivity index (χ4n) is 7.08. The predicted octanol–water partition coefficient (Wildman–Crippen LogP) is 3.18. The monoisotopic (exact) mass is 809 g/mol. The second-order valence-corrected chi connectivity index (χ2v) is 13.9. The number of methoxy groups -OCH3 is 1. The largest absolute Gasteiger partial charge is 0.493 e. The summed E-state index contributed by atoms with van der Waals surface area (Å²) in [4.78, 5) is 79.9. The Hall–Kier alpha value is -6.96. The van der Waals surface area contributed by atoms with Crippen molar-refractivity contribution < 1.29 is 48.1 Å². The molecule has 2 aliphatic heterocycles. The quantitative estimate of drug-likeness (QED) is 0.0712. The molecule has 6 rings (SSSR count). The maximum Gasteiger partial charge on any atom is 0.416 e. The molecule has 1 aromatic carbocycles. The highest BCUT2D eigenvalue weighted by Gasteiger charge is 2.45. The van der Waals surface area contributed by atoms with Gasteiger partial charge < -0.3 is 59.2 Å². The first-order valence-electron chi connectivity index (χ1n) is 18.6. The highest BCUT2D eigenvalue weighted by molar-refractivity contribution is 6.60. The molecule has 4 aromatic rings. The fraction of sp³-hybridized carbons (Fsp3) is 0.333. The Bertz CT molecular complexity index is 2310. The van der Waals surface area contributed by atoms with Crippen molar-refractivity contribution in [3.63, 3.8) is 0 Å². The van der Waals surface area contributed by atoms with Gasteiger partial charge in [0, 0.05) is 58.9 Å². The number of nitrogens with one attached hydrogen (secondary N) is 4. The Morgan fingerprint density at radius 3 is 2.00 bits per heavy atom. The molecule has 2 aliphatic rings. The first-order valence-corrected chi connectivity index (χ1v) is 18.6. The molecule has 1 fully saturated rings. The van der Waals surface area contributed by atoms with Gasteiger partial charge in [-0.3, -0.25) is 24.0 Å². The van der Waals surface area contributed by atoms with E-state index in [1.165, 1.54) is 58.8 Å². The molecule has 308 valence electrons. The van der Waals surface area contributed by atoms with Crippen LogP contribution in [0.2, 0.25) is 0 Å². The zero-order valence-electron chi connectivity index (χ0n) is 32.9. The molecule has 3 aromatic heterocycles. The third-order valence-corrected chi connectivity index (χ3v) is 9.82. The molecule has 19 nitrogen and oxygen atoms in total. The highest BCUT2D eigenvalue weighted by Crippen LogP contribution is 2.41. The Kier molecular flexibility index (Phi) is 12.5. The number of rotatable bonds is 14. The van der Waals surface area contributed by atoms with Crippen LogP contribution in [-0.2, 0) is 25.9 Å². The van der Waals surface area contributed by atoms with Gasteiger partial charge in [0.05, 0.1) is 48.1 Å². The third kappa shape index (κ3) is 8.96. The van der Waals surface area contributed by atoms with Gasteiger partial charge in [-0.1, -0.05) is 12.7 Å². The Morgan fingerprint density at radius 1 is 0.864 bits per heavy atom. The average molecular weight is 810 g/mol. The maximum atomic E-state index is 13.6. The normalized spacial score (nSPS) is 15.7. The summed E-state index contributed by atoms with van der Waals surface area (Å²) in [7, 11) is 11.5. The molecular weight excluding hydrogens is 765 g/mol. The van der Waals surface area contributed by atoms with E-state index in [9.17, 15) is 33.9 Å². The van der Waals surface area contributed by atoms with E-state index >= 15 is 0 Å². The molecule has 0 saturated carbocycles. The number of benzene rings is 1. The lowest BCUT2D eigenvalue weighted by Crippen LogP contribution is -2.50. The summed E-state index contributed by atoms with van der Waals surface area (Å²) in [5.41, 5.74) is 2.07.